The minimum atomic E-state index is -4.84. The second-order valence-electron chi connectivity index (χ2n) is 5.07. The van der Waals surface area contributed by atoms with E-state index in [9.17, 15) is 27.9 Å². The van der Waals surface area contributed by atoms with Crippen molar-refractivity contribution >= 4 is 28.5 Å². The fourth-order valence-corrected chi connectivity index (χ4v) is 2.61. The minimum Gasteiger partial charge on any atom is -0.476 e. The molecule has 134 valence electrons. The summed E-state index contributed by atoms with van der Waals surface area (Å²) in [5, 5.41) is 13.0. The molecule has 0 fully saturated rings. The lowest BCUT2D eigenvalue weighted by molar-refractivity contribution is -0.274. The number of carboxylic acids is 1. The normalized spacial score (nSPS) is 11.5. The minimum absolute atomic E-state index is 0.0307. The number of benzene rings is 2. The van der Waals surface area contributed by atoms with E-state index in [-0.39, 0.29) is 21.6 Å². The van der Waals surface area contributed by atoms with Crippen molar-refractivity contribution in [3.8, 4) is 11.4 Å². The molecule has 1 heterocycles. The van der Waals surface area contributed by atoms with Crippen LogP contribution in [0.5, 0.6) is 5.75 Å². The zero-order valence-corrected chi connectivity index (χ0v) is 13.4. The van der Waals surface area contributed by atoms with Crippen LogP contribution < -0.4 is 10.2 Å². The van der Waals surface area contributed by atoms with E-state index in [1.165, 1.54) is 30.3 Å². The molecule has 0 spiro atoms. The van der Waals surface area contributed by atoms with Crippen molar-refractivity contribution in [2.75, 3.05) is 0 Å². The van der Waals surface area contributed by atoms with Gasteiger partial charge in [0.05, 0.1) is 21.6 Å². The maximum atomic E-state index is 12.3. The third-order valence-corrected chi connectivity index (χ3v) is 3.69. The summed E-state index contributed by atoms with van der Waals surface area (Å²) in [6.07, 6.45) is -4.84. The summed E-state index contributed by atoms with van der Waals surface area (Å²) in [5.74, 6) is -2.01. The summed E-state index contributed by atoms with van der Waals surface area (Å²) in [6.45, 7) is 0. The monoisotopic (exact) mass is 384 g/mol. The molecule has 1 aromatic heterocycles. The molecule has 2 aromatic carbocycles. The third kappa shape index (κ3) is 3.33. The van der Waals surface area contributed by atoms with Crippen molar-refractivity contribution in [3.63, 3.8) is 0 Å². The molecule has 10 heteroatoms. The molecule has 3 aromatic rings. The second kappa shape index (κ2) is 6.34. The zero-order valence-electron chi connectivity index (χ0n) is 12.6. The van der Waals surface area contributed by atoms with Gasteiger partial charge in [-0.05, 0) is 36.4 Å². The number of fused-ring (bicyclic) bond motifs is 1. The van der Waals surface area contributed by atoms with Crippen molar-refractivity contribution in [2.45, 2.75) is 6.36 Å². The maximum absolute atomic E-state index is 12.3. The molecule has 0 aliphatic rings. The lowest BCUT2D eigenvalue weighted by Gasteiger charge is -2.13. The van der Waals surface area contributed by atoms with Crippen LogP contribution in [0.1, 0.15) is 10.5 Å². The standard InChI is InChI=1S/C16H8ClF3N2O4/c17-10-2-1-3-11-12(10)14(23)13(15(24)25)21-22(11)8-4-6-9(7-5-8)26-16(18,19)20/h1-7H,(H,24,25). The van der Waals surface area contributed by atoms with Crippen LogP contribution in [0.15, 0.2) is 47.3 Å². The van der Waals surface area contributed by atoms with Gasteiger partial charge in [-0.15, -0.1) is 13.2 Å². The van der Waals surface area contributed by atoms with Crippen LogP contribution in [0.3, 0.4) is 0 Å². The summed E-state index contributed by atoms with van der Waals surface area (Å²) in [7, 11) is 0. The van der Waals surface area contributed by atoms with Gasteiger partial charge in [-0.1, -0.05) is 17.7 Å². The van der Waals surface area contributed by atoms with E-state index in [0.29, 0.717) is 0 Å². The molecule has 0 aliphatic carbocycles. The molecular weight excluding hydrogens is 377 g/mol. The van der Waals surface area contributed by atoms with E-state index < -0.39 is 29.2 Å². The van der Waals surface area contributed by atoms with Crippen LogP contribution >= 0.6 is 11.6 Å². The molecule has 0 saturated carbocycles. The Morgan fingerprint density at radius 2 is 1.81 bits per heavy atom. The number of aromatic nitrogens is 2. The summed E-state index contributed by atoms with van der Waals surface area (Å²) < 4.78 is 41.6. The number of alkyl halides is 3. The topological polar surface area (TPSA) is 81.4 Å². The Bertz CT molecular complexity index is 1060. The van der Waals surface area contributed by atoms with Gasteiger partial charge < -0.3 is 9.84 Å². The fraction of sp³-hybridized carbons (Fsp3) is 0.0625. The van der Waals surface area contributed by atoms with E-state index in [2.05, 4.69) is 9.84 Å². The molecule has 1 N–H and O–H groups in total. The Kier molecular flexibility index (Phi) is 4.33. The maximum Gasteiger partial charge on any atom is 0.573 e. The van der Waals surface area contributed by atoms with Crippen molar-refractivity contribution in [2.24, 2.45) is 0 Å². The number of carboxylic acid groups (broad SMARTS) is 1. The summed E-state index contributed by atoms with van der Waals surface area (Å²) in [6, 6.07) is 9.00. The lowest BCUT2D eigenvalue weighted by Crippen LogP contribution is -2.22. The Morgan fingerprint density at radius 1 is 1.15 bits per heavy atom. The highest BCUT2D eigenvalue weighted by atomic mass is 35.5. The Hall–Kier alpha value is -3.07. The zero-order chi connectivity index (χ0) is 19.1. The quantitative estimate of drug-likeness (QED) is 0.745. The van der Waals surface area contributed by atoms with Crippen LogP contribution in [0.4, 0.5) is 13.2 Å². The average Bonchev–Trinajstić information content (AvgIpc) is 2.54. The van der Waals surface area contributed by atoms with Crippen LogP contribution in [0.25, 0.3) is 16.6 Å². The number of nitrogens with zero attached hydrogens (tertiary/aromatic N) is 2. The first-order chi connectivity index (χ1) is 12.2. The lowest BCUT2D eigenvalue weighted by atomic mass is 10.2. The second-order valence-corrected chi connectivity index (χ2v) is 5.48. The summed E-state index contributed by atoms with van der Waals surface area (Å²) in [5.41, 5.74) is -1.20. The largest absolute Gasteiger partial charge is 0.573 e. The molecule has 0 saturated heterocycles. The number of halogens is 4. The molecule has 0 amide bonds. The highest BCUT2D eigenvalue weighted by molar-refractivity contribution is 6.35. The van der Waals surface area contributed by atoms with Gasteiger partial charge in [0.1, 0.15) is 5.75 Å². The predicted octanol–water partition coefficient (Wildman–Crippen LogP) is 3.64. The Balaban J connectivity index is 2.22. The van der Waals surface area contributed by atoms with E-state index in [0.717, 1.165) is 16.8 Å². The molecule has 0 unspecified atom stereocenters. The first-order valence-electron chi connectivity index (χ1n) is 6.98. The van der Waals surface area contributed by atoms with Gasteiger partial charge in [0.15, 0.2) is 0 Å². The number of carbonyl (C=O) groups is 1. The van der Waals surface area contributed by atoms with Crippen molar-refractivity contribution < 1.29 is 27.8 Å². The number of rotatable bonds is 3. The Labute approximate surface area is 148 Å². The van der Waals surface area contributed by atoms with Gasteiger partial charge in [0, 0.05) is 0 Å². The third-order valence-electron chi connectivity index (χ3n) is 3.38. The summed E-state index contributed by atoms with van der Waals surface area (Å²) >= 11 is 6.02. The van der Waals surface area contributed by atoms with Crippen LogP contribution in [0.2, 0.25) is 5.02 Å². The SMILES string of the molecule is O=C(O)c1nn(-c2ccc(OC(F)(F)F)cc2)c2cccc(Cl)c2c1=O. The number of hydrogen-bond donors (Lipinski definition) is 1. The highest BCUT2D eigenvalue weighted by Crippen LogP contribution is 2.26. The first-order valence-corrected chi connectivity index (χ1v) is 7.36. The molecular formula is C16H8ClF3N2O4. The molecule has 0 atom stereocenters. The summed E-state index contributed by atoms with van der Waals surface area (Å²) in [4.78, 5) is 23.6. The highest BCUT2D eigenvalue weighted by Gasteiger charge is 2.31. The molecule has 3 rings (SSSR count). The van der Waals surface area contributed by atoms with Gasteiger partial charge in [-0.2, -0.15) is 5.10 Å². The number of hydrogen-bond acceptors (Lipinski definition) is 4. The van der Waals surface area contributed by atoms with Crippen LogP contribution in [-0.2, 0) is 0 Å². The smallest absolute Gasteiger partial charge is 0.476 e. The molecule has 26 heavy (non-hydrogen) atoms. The van der Waals surface area contributed by atoms with Gasteiger partial charge in [0.2, 0.25) is 11.1 Å². The van der Waals surface area contributed by atoms with Gasteiger partial charge in [0.25, 0.3) is 0 Å². The van der Waals surface area contributed by atoms with Crippen LogP contribution in [0, 0.1) is 0 Å². The van der Waals surface area contributed by atoms with Gasteiger partial charge in [-0.25, -0.2) is 9.48 Å². The van der Waals surface area contributed by atoms with Crippen molar-refractivity contribution in [1.82, 2.24) is 9.78 Å². The number of aromatic carboxylic acids is 1. The Morgan fingerprint density at radius 3 is 2.38 bits per heavy atom. The van der Waals surface area contributed by atoms with E-state index in [4.69, 9.17) is 11.6 Å². The van der Waals surface area contributed by atoms with Crippen LogP contribution in [-0.4, -0.2) is 27.2 Å². The van der Waals surface area contributed by atoms with E-state index >= 15 is 0 Å². The molecule has 0 radical (unpaired) electrons. The van der Waals surface area contributed by atoms with Crippen molar-refractivity contribution in [3.05, 3.63) is 63.4 Å². The number of ether oxygens (including phenoxy) is 1. The van der Waals surface area contributed by atoms with E-state index in [1.807, 2.05) is 0 Å². The van der Waals surface area contributed by atoms with Gasteiger partial charge in [-0.3, -0.25) is 4.79 Å². The first kappa shape index (κ1) is 17.7. The fourth-order valence-electron chi connectivity index (χ4n) is 2.36. The van der Waals surface area contributed by atoms with Crippen molar-refractivity contribution in [1.29, 1.82) is 0 Å². The van der Waals surface area contributed by atoms with E-state index in [1.54, 1.807) is 0 Å². The van der Waals surface area contributed by atoms with Gasteiger partial charge >= 0.3 is 12.3 Å². The molecule has 0 aliphatic heterocycles. The predicted molar refractivity (Wildman–Crippen MR) is 86.0 cm³/mol. The molecule has 0 bridgehead atoms. The average molecular weight is 385 g/mol. The molecule has 6 nitrogen and oxygen atoms in total.